The SMILES string of the molecule is C=CCCC.CC(C)=O. The van der Waals surface area contributed by atoms with Crippen molar-refractivity contribution in [3.8, 4) is 0 Å². The van der Waals surface area contributed by atoms with Crippen molar-refractivity contribution in [2.24, 2.45) is 0 Å². The van der Waals surface area contributed by atoms with E-state index in [9.17, 15) is 4.79 Å². The number of unbranched alkanes of at least 4 members (excludes halogenated alkanes) is 1. The average Bonchev–Trinajstić information content (AvgIpc) is 1.66. The molecule has 0 bridgehead atoms. The topological polar surface area (TPSA) is 17.1 Å². The molecule has 9 heavy (non-hydrogen) atoms. The van der Waals surface area contributed by atoms with Crippen molar-refractivity contribution in [3.63, 3.8) is 0 Å². The molecular formula is C8H16O. The lowest BCUT2D eigenvalue weighted by molar-refractivity contribution is -0.114. The number of allylic oxidation sites excluding steroid dienone is 1. The van der Waals surface area contributed by atoms with Crippen LogP contribution in [0.3, 0.4) is 0 Å². The van der Waals surface area contributed by atoms with Crippen molar-refractivity contribution < 1.29 is 4.79 Å². The van der Waals surface area contributed by atoms with Crippen LogP contribution in [0.25, 0.3) is 0 Å². The maximum absolute atomic E-state index is 9.44. The van der Waals surface area contributed by atoms with Crippen LogP contribution in [0.4, 0.5) is 0 Å². The Kier molecular flexibility index (Phi) is 13.0. The summed E-state index contributed by atoms with van der Waals surface area (Å²) in [6.45, 7) is 8.75. The number of hydrogen-bond acceptors (Lipinski definition) is 1. The van der Waals surface area contributed by atoms with Gasteiger partial charge in [-0.05, 0) is 20.3 Å². The summed E-state index contributed by atoms with van der Waals surface area (Å²) in [6, 6.07) is 0. The molecule has 0 saturated heterocycles. The highest BCUT2D eigenvalue weighted by Crippen LogP contribution is 1.82. The minimum absolute atomic E-state index is 0.167. The number of rotatable bonds is 2. The highest BCUT2D eigenvalue weighted by Gasteiger charge is 1.62. The fourth-order valence-electron chi connectivity index (χ4n) is 0.204. The molecule has 0 aliphatic carbocycles. The molecule has 0 aromatic rings. The summed E-state index contributed by atoms with van der Waals surface area (Å²) in [5.74, 6) is 0.167. The van der Waals surface area contributed by atoms with Gasteiger partial charge in [0, 0.05) is 0 Å². The number of carbonyl (C=O) groups excluding carboxylic acids is 1. The van der Waals surface area contributed by atoms with E-state index >= 15 is 0 Å². The van der Waals surface area contributed by atoms with Gasteiger partial charge in [-0.2, -0.15) is 0 Å². The lowest BCUT2D eigenvalue weighted by Gasteiger charge is -1.72. The van der Waals surface area contributed by atoms with E-state index in [1.165, 1.54) is 20.3 Å². The van der Waals surface area contributed by atoms with Crippen LogP contribution >= 0.6 is 0 Å². The number of hydrogen-bond donors (Lipinski definition) is 0. The van der Waals surface area contributed by atoms with Crippen molar-refractivity contribution in [3.05, 3.63) is 12.7 Å². The van der Waals surface area contributed by atoms with Crippen LogP contribution in [-0.4, -0.2) is 5.78 Å². The molecule has 1 nitrogen and oxygen atoms in total. The van der Waals surface area contributed by atoms with Crippen molar-refractivity contribution in [2.45, 2.75) is 33.6 Å². The third kappa shape index (κ3) is 109. The van der Waals surface area contributed by atoms with E-state index in [1.54, 1.807) is 0 Å². The van der Waals surface area contributed by atoms with E-state index < -0.39 is 0 Å². The molecule has 0 aromatic heterocycles. The maximum Gasteiger partial charge on any atom is 0.126 e. The van der Waals surface area contributed by atoms with Gasteiger partial charge in [0.25, 0.3) is 0 Å². The Bertz CT molecular complexity index is 70.6. The first-order chi connectivity index (χ1) is 4.15. The van der Waals surface area contributed by atoms with Crippen molar-refractivity contribution in [1.29, 1.82) is 0 Å². The summed E-state index contributed by atoms with van der Waals surface area (Å²) in [7, 11) is 0. The predicted octanol–water partition coefficient (Wildman–Crippen LogP) is 2.57. The van der Waals surface area contributed by atoms with Gasteiger partial charge < -0.3 is 4.79 Å². The van der Waals surface area contributed by atoms with Crippen LogP contribution in [0.1, 0.15) is 33.6 Å². The van der Waals surface area contributed by atoms with E-state index in [0.717, 1.165) is 6.42 Å². The van der Waals surface area contributed by atoms with Crippen LogP contribution in [0.15, 0.2) is 12.7 Å². The summed E-state index contributed by atoms with van der Waals surface area (Å²) in [5.41, 5.74) is 0. The molecule has 0 rings (SSSR count). The predicted molar refractivity (Wildman–Crippen MR) is 41.5 cm³/mol. The van der Waals surface area contributed by atoms with Gasteiger partial charge in [0.15, 0.2) is 0 Å². The first kappa shape index (κ1) is 11.2. The van der Waals surface area contributed by atoms with Gasteiger partial charge >= 0.3 is 0 Å². The normalized spacial score (nSPS) is 7.00. The number of ketones is 1. The van der Waals surface area contributed by atoms with Gasteiger partial charge in [0.1, 0.15) is 5.78 Å². The second-order valence-electron chi connectivity index (χ2n) is 1.99. The van der Waals surface area contributed by atoms with Gasteiger partial charge in [-0.3, -0.25) is 0 Å². The second kappa shape index (κ2) is 10.4. The Balaban J connectivity index is 0. The van der Waals surface area contributed by atoms with E-state index in [0.29, 0.717) is 0 Å². The van der Waals surface area contributed by atoms with Crippen LogP contribution in [-0.2, 0) is 4.79 Å². The molecule has 0 aromatic carbocycles. The Morgan fingerprint density at radius 3 is 1.89 bits per heavy atom. The van der Waals surface area contributed by atoms with Crippen LogP contribution in [0.5, 0.6) is 0 Å². The molecule has 0 fully saturated rings. The van der Waals surface area contributed by atoms with Crippen molar-refractivity contribution >= 4 is 5.78 Å². The van der Waals surface area contributed by atoms with Crippen LogP contribution in [0, 0.1) is 0 Å². The lowest BCUT2D eigenvalue weighted by atomic mass is 10.3. The zero-order valence-corrected chi connectivity index (χ0v) is 6.61. The maximum atomic E-state index is 9.44. The van der Waals surface area contributed by atoms with E-state index in [4.69, 9.17) is 0 Å². The Hall–Kier alpha value is -0.590. The molecule has 0 unspecified atom stereocenters. The summed E-state index contributed by atoms with van der Waals surface area (Å²) >= 11 is 0. The monoisotopic (exact) mass is 128 g/mol. The molecule has 1 heteroatoms. The number of carbonyl (C=O) groups is 1. The molecule has 0 amide bonds. The van der Waals surface area contributed by atoms with Crippen LogP contribution < -0.4 is 0 Å². The van der Waals surface area contributed by atoms with Gasteiger partial charge in [-0.15, -0.1) is 6.58 Å². The fraction of sp³-hybridized carbons (Fsp3) is 0.625. The Morgan fingerprint density at radius 1 is 1.56 bits per heavy atom. The minimum atomic E-state index is 0.167. The Morgan fingerprint density at radius 2 is 1.89 bits per heavy atom. The third-order valence-electron chi connectivity index (χ3n) is 0.493. The summed E-state index contributed by atoms with van der Waals surface area (Å²) in [5, 5.41) is 0. The molecule has 0 spiro atoms. The second-order valence-corrected chi connectivity index (χ2v) is 1.99. The highest BCUT2D eigenvalue weighted by molar-refractivity contribution is 5.72. The minimum Gasteiger partial charge on any atom is -0.300 e. The van der Waals surface area contributed by atoms with E-state index in [-0.39, 0.29) is 5.78 Å². The first-order valence-electron chi connectivity index (χ1n) is 3.23. The van der Waals surface area contributed by atoms with Gasteiger partial charge in [-0.1, -0.05) is 19.4 Å². The molecular weight excluding hydrogens is 112 g/mol. The molecule has 0 atom stereocenters. The standard InChI is InChI=1S/C5H10.C3H6O/c1-3-5-4-2;1-3(2)4/h3H,1,4-5H2,2H3;1-2H3. The third-order valence-corrected chi connectivity index (χ3v) is 0.493. The summed E-state index contributed by atoms with van der Waals surface area (Å²) in [4.78, 5) is 9.44. The highest BCUT2D eigenvalue weighted by atomic mass is 16.1. The largest absolute Gasteiger partial charge is 0.300 e. The lowest BCUT2D eigenvalue weighted by Crippen LogP contribution is -1.69. The average molecular weight is 128 g/mol. The zero-order valence-electron chi connectivity index (χ0n) is 6.61. The smallest absolute Gasteiger partial charge is 0.126 e. The van der Waals surface area contributed by atoms with Crippen LogP contribution in [0.2, 0.25) is 0 Å². The molecule has 0 heterocycles. The van der Waals surface area contributed by atoms with Gasteiger partial charge in [0.05, 0.1) is 0 Å². The zero-order chi connectivity index (χ0) is 7.70. The molecule has 0 N–H and O–H groups in total. The van der Waals surface area contributed by atoms with E-state index in [1.807, 2.05) is 6.08 Å². The quantitative estimate of drug-likeness (QED) is 0.522. The fourth-order valence-corrected chi connectivity index (χ4v) is 0.204. The van der Waals surface area contributed by atoms with Gasteiger partial charge in [0.2, 0.25) is 0 Å². The molecule has 0 aliphatic heterocycles. The van der Waals surface area contributed by atoms with Crippen molar-refractivity contribution in [2.75, 3.05) is 0 Å². The van der Waals surface area contributed by atoms with Gasteiger partial charge in [-0.25, -0.2) is 0 Å². The van der Waals surface area contributed by atoms with Crippen molar-refractivity contribution in [1.82, 2.24) is 0 Å². The first-order valence-corrected chi connectivity index (χ1v) is 3.23. The van der Waals surface area contributed by atoms with E-state index in [2.05, 4.69) is 13.5 Å². The summed E-state index contributed by atoms with van der Waals surface area (Å²) < 4.78 is 0. The molecule has 0 saturated carbocycles. The summed E-state index contributed by atoms with van der Waals surface area (Å²) in [6.07, 6.45) is 4.31. The Labute approximate surface area is 57.8 Å². The molecule has 0 radical (unpaired) electrons. The molecule has 0 aliphatic rings. The molecule has 54 valence electrons. The number of Topliss-reactive ketones (excluding diaryl/α,β-unsaturated/α-hetero) is 1.